The van der Waals surface area contributed by atoms with E-state index in [1.165, 1.54) is 13.2 Å². The molecule has 202 valence electrons. The number of nitrogens with zero attached hydrogens (tertiary/aromatic N) is 2. The summed E-state index contributed by atoms with van der Waals surface area (Å²) < 4.78 is 12.0. The molecular formula is C32H27BrN2O5. The third-order valence-corrected chi connectivity index (χ3v) is 7.15. The first-order valence-corrected chi connectivity index (χ1v) is 13.6. The number of aryl methyl sites for hydroxylation is 1. The SMILES string of the molecule is CCCOc1c(Br)cc(/C=C2\C(=O)N(c3ccc(C)cc3)C(=O)N(c3cccc4ccccc34)C2=O)cc1OC. The van der Waals surface area contributed by atoms with Crippen molar-refractivity contribution in [3.05, 3.63) is 100 Å². The Labute approximate surface area is 240 Å². The van der Waals surface area contributed by atoms with Gasteiger partial charge in [0.25, 0.3) is 11.8 Å². The summed E-state index contributed by atoms with van der Waals surface area (Å²) in [5.41, 5.74) is 2.10. The van der Waals surface area contributed by atoms with Gasteiger partial charge in [-0.25, -0.2) is 14.6 Å². The van der Waals surface area contributed by atoms with E-state index in [4.69, 9.17) is 9.47 Å². The van der Waals surface area contributed by atoms with Gasteiger partial charge in [-0.05, 0) is 76.6 Å². The molecule has 0 aromatic heterocycles. The maximum Gasteiger partial charge on any atom is 0.343 e. The molecule has 1 aliphatic rings. The second-order valence-corrected chi connectivity index (χ2v) is 10.2. The van der Waals surface area contributed by atoms with Gasteiger partial charge in [0.15, 0.2) is 11.5 Å². The molecule has 1 heterocycles. The van der Waals surface area contributed by atoms with Gasteiger partial charge in [-0.1, -0.05) is 61.0 Å². The molecule has 7 nitrogen and oxygen atoms in total. The molecule has 5 rings (SSSR count). The predicted octanol–water partition coefficient (Wildman–Crippen LogP) is 7.29. The molecule has 4 aromatic rings. The Morgan fingerprint density at radius 3 is 2.30 bits per heavy atom. The summed E-state index contributed by atoms with van der Waals surface area (Å²) in [5, 5.41) is 1.58. The molecule has 40 heavy (non-hydrogen) atoms. The number of hydrogen-bond donors (Lipinski definition) is 0. The molecule has 0 radical (unpaired) electrons. The Kier molecular flexibility index (Phi) is 7.71. The molecule has 8 heteroatoms. The average molecular weight is 599 g/mol. The lowest BCUT2D eigenvalue weighted by Crippen LogP contribution is -2.57. The van der Waals surface area contributed by atoms with Crippen LogP contribution in [-0.4, -0.2) is 31.6 Å². The fourth-order valence-corrected chi connectivity index (χ4v) is 5.18. The zero-order chi connectivity index (χ0) is 28.4. The summed E-state index contributed by atoms with van der Waals surface area (Å²) in [7, 11) is 1.52. The molecule has 0 N–H and O–H groups in total. The number of halogens is 1. The third-order valence-electron chi connectivity index (χ3n) is 6.56. The highest BCUT2D eigenvalue weighted by molar-refractivity contribution is 9.10. The summed E-state index contributed by atoms with van der Waals surface area (Å²) in [6.07, 6.45) is 2.30. The van der Waals surface area contributed by atoms with Gasteiger partial charge in [-0.2, -0.15) is 0 Å². The number of amides is 4. The van der Waals surface area contributed by atoms with Crippen LogP contribution in [0.25, 0.3) is 16.8 Å². The first-order valence-electron chi connectivity index (χ1n) is 12.8. The summed E-state index contributed by atoms with van der Waals surface area (Å²) in [6, 6.07) is 22.6. The van der Waals surface area contributed by atoms with Gasteiger partial charge in [0, 0.05) is 5.39 Å². The Morgan fingerprint density at radius 2 is 1.57 bits per heavy atom. The van der Waals surface area contributed by atoms with E-state index in [1.54, 1.807) is 36.4 Å². The fraction of sp³-hybridized carbons (Fsp3) is 0.156. The van der Waals surface area contributed by atoms with E-state index < -0.39 is 17.8 Å². The van der Waals surface area contributed by atoms with Crippen LogP contribution >= 0.6 is 15.9 Å². The van der Waals surface area contributed by atoms with Crippen LogP contribution in [-0.2, 0) is 9.59 Å². The standard InChI is InChI=1S/C32H27BrN2O5/c1-4-16-40-29-26(33)18-21(19-28(29)39-3)17-25-30(36)34(23-14-12-20(2)13-15-23)32(38)35(31(25)37)27-11-7-9-22-8-5-6-10-24(22)27/h5-15,17-19H,4,16H2,1-3H3/b25-17+. The molecule has 1 aliphatic heterocycles. The van der Waals surface area contributed by atoms with Gasteiger partial charge < -0.3 is 9.47 Å². The highest BCUT2D eigenvalue weighted by Gasteiger charge is 2.44. The molecule has 0 aliphatic carbocycles. The first-order chi connectivity index (χ1) is 19.3. The lowest BCUT2D eigenvalue weighted by molar-refractivity contribution is -0.121. The molecule has 0 unspecified atom stereocenters. The van der Waals surface area contributed by atoms with E-state index in [9.17, 15) is 14.4 Å². The molecule has 1 fully saturated rings. The van der Waals surface area contributed by atoms with E-state index in [0.29, 0.717) is 44.9 Å². The van der Waals surface area contributed by atoms with Crippen molar-refractivity contribution in [3.8, 4) is 11.5 Å². The zero-order valence-electron chi connectivity index (χ0n) is 22.3. The van der Waals surface area contributed by atoms with Crippen LogP contribution in [0.1, 0.15) is 24.5 Å². The number of anilines is 2. The van der Waals surface area contributed by atoms with E-state index in [2.05, 4.69) is 15.9 Å². The van der Waals surface area contributed by atoms with Crippen molar-refractivity contribution >= 4 is 62.0 Å². The van der Waals surface area contributed by atoms with Gasteiger partial charge >= 0.3 is 6.03 Å². The van der Waals surface area contributed by atoms with Crippen molar-refractivity contribution in [1.29, 1.82) is 0 Å². The second-order valence-electron chi connectivity index (χ2n) is 9.34. The van der Waals surface area contributed by atoms with Crippen molar-refractivity contribution in [2.24, 2.45) is 0 Å². The normalized spacial score (nSPS) is 14.8. The molecule has 1 saturated heterocycles. The largest absolute Gasteiger partial charge is 0.493 e. The number of fused-ring (bicyclic) bond motifs is 1. The van der Waals surface area contributed by atoms with Crippen LogP contribution in [0.3, 0.4) is 0 Å². The quantitative estimate of drug-likeness (QED) is 0.165. The van der Waals surface area contributed by atoms with Crippen LogP contribution in [0.4, 0.5) is 16.2 Å². The highest BCUT2D eigenvalue weighted by Crippen LogP contribution is 2.39. The van der Waals surface area contributed by atoms with Gasteiger partial charge in [0.1, 0.15) is 5.57 Å². The summed E-state index contributed by atoms with van der Waals surface area (Å²) >= 11 is 3.53. The number of carbonyl (C=O) groups excluding carboxylic acids is 3. The lowest BCUT2D eigenvalue weighted by atomic mass is 10.0. The number of imide groups is 2. The van der Waals surface area contributed by atoms with E-state index >= 15 is 0 Å². The van der Waals surface area contributed by atoms with Crippen molar-refractivity contribution in [3.63, 3.8) is 0 Å². The molecule has 0 atom stereocenters. The van der Waals surface area contributed by atoms with Crippen molar-refractivity contribution in [2.45, 2.75) is 20.3 Å². The molecule has 0 spiro atoms. The van der Waals surface area contributed by atoms with Gasteiger partial charge in [-0.15, -0.1) is 0 Å². The molecular weight excluding hydrogens is 572 g/mol. The maximum atomic E-state index is 14.0. The maximum absolute atomic E-state index is 14.0. The Bertz CT molecular complexity index is 1660. The van der Waals surface area contributed by atoms with Gasteiger partial charge in [0.05, 0.1) is 29.6 Å². The van der Waals surface area contributed by atoms with E-state index in [-0.39, 0.29) is 5.57 Å². The second kappa shape index (κ2) is 11.4. The van der Waals surface area contributed by atoms with Crippen molar-refractivity contribution < 1.29 is 23.9 Å². The minimum absolute atomic E-state index is 0.163. The highest BCUT2D eigenvalue weighted by atomic mass is 79.9. The number of hydrogen-bond acceptors (Lipinski definition) is 5. The Morgan fingerprint density at radius 1 is 0.875 bits per heavy atom. The van der Waals surface area contributed by atoms with E-state index in [1.807, 2.05) is 56.3 Å². The van der Waals surface area contributed by atoms with Crippen molar-refractivity contribution in [2.75, 3.05) is 23.5 Å². The number of methoxy groups -OCH3 is 1. The van der Waals surface area contributed by atoms with Gasteiger partial charge in [-0.3, -0.25) is 9.59 Å². The minimum atomic E-state index is -0.741. The average Bonchev–Trinajstić information content (AvgIpc) is 2.95. The summed E-state index contributed by atoms with van der Waals surface area (Å²) in [6.45, 7) is 4.42. The monoisotopic (exact) mass is 598 g/mol. The van der Waals surface area contributed by atoms with Gasteiger partial charge in [0.2, 0.25) is 0 Å². The molecule has 0 bridgehead atoms. The number of rotatable bonds is 7. The smallest absolute Gasteiger partial charge is 0.343 e. The number of carbonyl (C=O) groups is 3. The lowest BCUT2D eigenvalue weighted by Gasteiger charge is -2.34. The minimum Gasteiger partial charge on any atom is -0.493 e. The molecule has 0 saturated carbocycles. The summed E-state index contributed by atoms with van der Waals surface area (Å²) in [5.74, 6) is -0.447. The van der Waals surface area contributed by atoms with E-state index in [0.717, 1.165) is 27.2 Å². The van der Waals surface area contributed by atoms with Crippen LogP contribution in [0, 0.1) is 6.92 Å². The van der Waals surface area contributed by atoms with Crippen LogP contribution in [0.15, 0.2) is 88.9 Å². The summed E-state index contributed by atoms with van der Waals surface area (Å²) in [4.78, 5) is 43.9. The predicted molar refractivity (Wildman–Crippen MR) is 160 cm³/mol. The van der Waals surface area contributed by atoms with Crippen LogP contribution < -0.4 is 19.3 Å². The Balaban J connectivity index is 1.68. The zero-order valence-corrected chi connectivity index (χ0v) is 23.9. The number of urea groups is 1. The topological polar surface area (TPSA) is 76.2 Å². The Hall–Kier alpha value is -4.43. The molecule has 4 aromatic carbocycles. The third kappa shape index (κ3) is 4.98. The fourth-order valence-electron chi connectivity index (χ4n) is 4.60. The first kappa shape index (κ1) is 27.1. The van der Waals surface area contributed by atoms with Crippen molar-refractivity contribution in [1.82, 2.24) is 0 Å². The molecule has 4 amide bonds. The van der Waals surface area contributed by atoms with Crippen LogP contribution in [0.5, 0.6) is 11.5 Å². The number of ether oxygens (including phenoxy) is 2. The number of barbiturate groups is 1. The number of benzene rings is 4. The van der Waals surface area contributed by atoms with Crippen LogP contribution in [0.2, 0.25) is 0 Å².